The number of ether oxygens (including phenoxy) is 2. The molecule has 0 aliphatic carbocycles. The first-order valence-electron chi connectivity index (χ1n) is 10.2. The van der Waals surface area contributed by atoms with Crippen LogP contribution in [0.25, 0.3) is 6.08 Å². The molecule has 2 amide bonds. The topological polar surface area (TPSA) is 67.9 Å². The summed E-state index contributed by atoms with van der Waals surface area (Å²) in [5.74, 6) is 0.984. The van der Waals surface area contributed by atoms with Crippen molar-refractivity contribution in [3.05, 3.63) is 58.0 Å². The minimum Gasteiger partial charge on any atom is -0.493 e. The number of hydrogen-bond donors (Lipinski definition) is 1. The molecule has 168 valence electrons. The van der Waals surface area contributed by atoms with Crippen LogP contribution in [0.5, 0.6) is 11.5 Å². The van der Waals surface area contributed by atoms with Crippen molar-refractivity contribution >= 4 is 51.9 Å². The zero-order valence-electron chi connectivity index (χ0n) is 18.6. The van der Waals surface area contributed by atoms with E-state index >= 15 is 0 Å². The largest absolute Gasteiger partial charge is 0.493 e. The number of benzene rings is 2. The summed E-state index contributed by atoms with van der Waals surface area (Å²) in [6, 6.07) is 11.3. The lowest BCUT2D eigenvalue weighted by molar-refractivity contribution is -0.122. The van der Waals surface area contributed by atoms with Gasteiger partial charge in [0.1, 0.15) is 4.32 Å². The first-order chi connectivity index (χ1) is 15.3. The molecule has 32 heavy (non-hydrogen) atoms. The zero-order valence-corrected chi connectivity index (χ0v) is 20.2. The van der Waals surface area contributed by atoms with Gasteiger partial charge in [-0.25, -0.2) is 0 Å². The molecule has 8 heteroatoms. The first-order valence-corrected chi connectivity index (χ1v) is 11.4. The van der Waals surface area contributed by atoms with Crippen LogP contribution in [-0.2, 0) is 9.59 Å². The number of aryl methyl sites for hydroxylation is 1. The minimum absolute atomic E-state index is 0.0787. The third-order valence-electron chi connectivity index (χ3n) is 5.24. The van der Waals surface area contributed by atoms with Crippen molar-refractivity contribution in [2.75, 3.05) is 26.1 Å². The Morgan fingerprint density at radius 3 is 2.62 bits per heavy atom. The number of carbonyl (C=O) groups excluding carboxylic acids is 2. The highest BCUT2D eigenvalue weighted by Gasteiger charge is 2.31. The van der Waals surface area contributed by atoms with Crippen LogP contribution in [0.15, 0.2) is 41.3 Å². The molecule has 0 radical (unpaired) electrons. The molecule has 2 aromatic carbocycles. The van der Waals surface area contributed by atoms with E-state index in [0.717, 1.165) is 22.4 Å². The maximum Gasteiger partial charge on any atom is 0.266 e. The molecule has 0 saturated carbocycles. The van der Waals surface area contributed by atoms with Gasteiger partial charge in [0.2, 0.25) is 5.91 Å². The second-order valence-corrected chi connectivity index (χ2v) is 9.02. The number of nitrogens with zero attached hydrogens (tertiary/aromatic N) is 1. The smallest absolute Gasteiger partial charge is 0.266 e. The van der Waals surface area contributed by atoms with E-state index in [1.165, 1.54) is 11.8 Å². The Balaban J connectivity index is 1.58. The van der Waals surface area contributed by atoms with E-state index in [0.29, 0.717) is 40.1 Å². The van der Waals surface area contributed by atoms with E-state index < -0.39 is 0 Å². The van der Waals surface area contributed by atoms with Crippen LogP contribution in [0.3, 0.4) is 0 Å². The summed E-state index contributed by atoms with van der Waals surface area (Å²) in [6.07, 6.45) is 2.61. The van der Waals surface area contributed by atoms with Crippen molar-refractivity contribution in [1.82, 2.24) is 4.90 Å². The molecule has 6 nitrogen and oxygen atoms in total. The van der Waals surface area contributed by atoms with E-state index in [4.69, 9.17) is 21.7 Å². The molecule has 1 aliphatic rings. The minimum atomic E-state index is -0.148. The van der Waals surface area contributed by atoms with Gasteiger partial charge < -0.3 is 14.8 Å². The monoisotopic (exact) mass is 470 g/mol. The molecule has 1 heterocycles. The van der Waals surface area contributed by atoms with Gasteiger partial charge in [-0.1, -0.05) is 42.2 Å². The van der Waals surface area contributed by atoms with Crippen LogP contribution in [0.2, 0.25) is 0 Å². The Morgan fingerprint density at radius 2 is 1.91 bits per heavy atom. The summed E-state index contributed by atoms with van der Waals surface area (Å²) in [5, 5.41) is 2.95. The van der Waals surface area contributed by atoms with Crippen molar-refractivity contribution < 1.29 is 19.1 Å². The predicted molar refractivity (Wildman–Crippen MR) is 133 cm³/mol. The number of carbonyl (C=O) groups is 2. The number of methoxy groups -OCH3 is 2. The third kappa shape index (κ3) is 5.49. The summed E-state index contributed by atoms with van der Waals surface area (Å²) in [7, 11) is 3.14. The van der Waals surface area contributed by atoms with Crippen LogP contribution in [0, 0.1) is 13.8 Å². The Hall–Kier alpha value is -2.84. The molecule has 0 spiro atoms. The van der Waals surface area contributed by atoms with E-state index in [1.54, 1.807) is 31.3 Å². The van der Waals surface area contributed by atoms with Crippen LogP contribution < -0.4 is 14.8 Å². The van der Waals surface area contributed by atoms with E-state index in [1.807, 2.05) is 44.2 Å². The number of thiocarbonyl (C=S) groups is 1. The molecule has 3 rings (SSSR count). The molecule has 0 aromatic heterocycles. The quantitative estimate of drug-likeness (QED) is 0.435. The Labute approximate surface area is 198 Å². The van der Waals surface area contributed by atoms with E-state index in [2.05, 4.69) is 5.32 Å². The Kier molecular flexibility index (Phi) is 7.93. The van der Waals surface area contributed by atoms with Crippen molar-refractivity contribution in [3.8, 4) is 11.5 Å². The maximum atomic E-state index is 12.8. The standard InChI is InChI=1S/C24H26N2O4S2/c1-15-7-5-8-18(16(15)2)25-22(27)9-6-12-26-23(28)21(32-24(26)31)14-17-10-11-19(29-3)20(13-17)30-4/h5,7-8,10-11,13-14H,6,9,12H2,1-4H3,(H,25,27)/b21-14-. The van der Waals surface area contributed by atoms with Gasteiger partial charge in [0, 0.05) is 18.7 Å². The number of amides is 2. The summed E-state index contributed by atoms with van der Waals surface area (Å²) < 4.78 is 11.1. The molecular weight excluding hydrogens is 444 g/mol. The fourth-order valence-electron chi connectivity index (χ4n) is 3.28. The van der Waals surface area contributed by atoms with E-state index in [9.17, 15) is 9.59 Å². The van der Waals surface area contributed by atoms with Crippen molar-refractivity contribution in [3.63, 3.8) is 0 Å². The first kappa shape index (κ1) is 23.8. The second kappa shape index (κ2) is 10.7. The lowest BCUT2D eigenvalue weighted by atomic mass is 10.1. The molecule has 0 bridgehead atoms. The predicted octanol–water partition coefficient (Wildman–Crippen LogP) is 4.94. The molecule has 1 aliphatic heterocycles. The lowest BCUT2D eigenvalue weighted by Gasteiger charge is -2.14. The van der Waals surface area contributed by atoms with Gasteiger partial charge >= 0.3 is 0 Å². The van der Waals surface area contributed by atoms with Gasteiger partial charge in [-0.15, -0.1) is 0 Å². The average Bonchev–Trinajstić information content (AvgIpc) is 3.04. The van der Waals surface area contributed by atoms with Crippen LogP contribution in [0.1, 0.15) is 29.5 Å². The number of rotatable bonds is 8. The number of hydrogen-bond acceptors (Lipinski definition) is 6. The molecule has 1 fully saturated rings. The van der Waals surface area contributed by atoms with Crippen molar-refractivity contribution in [1.29, 1.82) is 0 Å². The van der Waals surface area contributed by atoms with Gasteiger partial charge in [-0.3, -0.25) is 14.5 Å². The summed E-state index contributed by atoms with van der Waals surface area (Å²) in [5.41, 5.74) is 3.81. The van der Waals surface area contributed by atoms with Crippen LogP contribution >= 0.6 is 24.0 Å². The highest BCUT2D eigenvalue weighted by molar-refractivity contribution is 8.26. The average molecular weight is 471 g/mol. The molecule has 0 atom stereocenters. The lowest BCUT2D eigenvalue weighted by Crippen LogP contribution is -2.29. The van der Waals surface area contributed by atoms with Gasteiger partial charge in [-0.05, 0) is 61.2 Å². The summed E-state index contributed by atoms with van der Waals surface area (Å²) >= 11 is 6.66. The second-order valence-electron chi connectivity index (χ2n) is 7.35. The van der Waals surface area contributed by atoms with Crippen molar-refractivity contribution in [2.45, 2.75) is 26.7 Å². The number of anilines is 1. The molecule has 2 aromatic rings. The van der Waals surface area contributed by atoms with Gasteiger partial charge in [0.25, 0.3) is 5.91 Å². The maximum absolute atomic E-state index is 12.8. The van der Waals surface area contributed by atoms with Gasteiger partial charge in [-0.2, -0.15) is 0 Å². The Bertz CT molecular complexity index is 1080. The fourth-order valence-corrected chi connectivity index (χ4v) is 4.59. The summed E-state index contributed by atoms with van der Waals surface area (Å²) in [4.78, 5) is 27.3. The number of thioether (sulfide) groups is 1. The van der Waals surface area contributed by atoms with Gasteiger partial charge in [0.15, 0.2) is 11.5 Å². The van der Waals surface area contributed by atoms with Crippen LogP contribution in [-0.4, -0.2) is 41.8 Å². The fraction of sp³-hybridized carbons (Fsp3) is 0.292. The zero-order chi connectivity index (χ0) is 23.3. The SMILES string of the molecule is COc1ccc(/C=C2\SC(=S)N(CCCC(=O)Nc3cccc(C)c3C)C2=O)cc1OC. The third-order valence-corrected chi connectivity index (χ3v) is 6.62. The van der Waals surface area contributed by atoms with Gasteiger partial charge in [0.05, 0.1) is 19.1 Å². The van der Waals surface area contributed by atoms with E-state index in [-0.39, 0.29) is 11.8 Å². The molecular formula is C24H26N2O4S2. The highest BCUT2D eigenvalue weighted by atomic mass is 32.2. The van der Waals surface area contributed by atoms with Crippen LogP contribution in [0.4, 0.5) is 5.69 Å². The normalized spacial score (nSPS) is 14.8. The molecule has 1 saturated heterocycles. The summed E-state index contributed by atoms with van der Waals surface area (Å²) in [6.45, 7) is 4.39. The number of nitrogens with one attached hydrogen (secondary N) is 1. The van der Waals surface area contributed by atoms with Crippen molar-refractivity contribution in [2.24, 2.45) is 0 Å². The Morgan fingerprint density at radius 1 is 1.16 bits per heavy atom. The highest BCUT2D eigenvalue weighted by Crippen LogP contribution is 2.34. The molecule has 0 unspecified atom stereocenters. The molecule has 1 N–H and O–H groups in total.